The lowest BCUT2D eigenvalue weighted by atomic mass is 10.0. The maximum atomic E-state index is 14.5. The molecule has 8 heteroatoms. The lowest BCUT2D eigenvalue weighted by Crippen LogP contribution is -2.30. The number of hydrogen-bond donors (Lipinski definition) is 2. The van der Waals surface area contributed by atoms with Crippen molar-refractivity contribution in [2.24, 2.45) is 5.92 Å². The molecule has 3 aromatic rings. The summed E-state index contributed by atoms with van der Waals surface area (Å²) in [7, 11) is 1.81. The molecule has 2 atom stereocenters. The summed E-state index contributed by atoms with van der Waals surface area (Å²) in [4.78, 5) is 16.3. The first-order valence-electron chi connectivity index (χ1n) is 11.7. The lowest BCUT2D eigenvalue weighted by Gasteiger charge is -2.22. The van der Waals surface area contributed by atoms with Crippen molar-refractivity contribution >= 4 is 17.1 Å². The number of pyridine rings is 1. The van der Waals surface area contributed by atoms with E-state index in [1.54, 1.807) is 12.3 Å². The normalized spacial score (nSPS) is 20.1. The zero-order chi connectivity index (χ0) is 23.4. The van der Waals surface area contributed by atoms with Crippen LogP contribution in [0.5, 0.6) is 11.8 Å². The van der Waals surface area contributed by atoms with Gasteiger partial charge in [0, 0.05) is 43.9 Å². The predicted molar refractivity (Wildman–Crippen MR) is 131 cm³/mol. The van der Waals surface area contributed by atoms with Crippen LogP contribution in [0.4, 0.5) is 15.9 Å². The Morgan fingerprint density at radius 1 is 1.26 bits per heavy atom. The molecule has 34 heavy (non-hydrogen) atoms. The summed E-state index contributed by atoms with van der Waals surface area (Å²) in [6, 6.07) is 7.59. The number of aromatic nitrogens is 3. The topological polar surface area (TPSA) is 75.2 Å². The monoisotopic (exact) mass is 458 g/mol. The first-order valence-corrected chi connectivity index (χ1v) is 11.7. The molecule has 7 nitrogen and oxygen atoms in total. The van der Waals surface area contributed by atoms with Crippen LogP contribution in [0.15, 0.2) is 37.0 Å². The van der Waals surface area contributed by atoms with Crippen molar-refractivity contribution in [2.45, 2.75) is 25.8 Å². The lowest BCUT2D eigenvalue weighted by molar-refractivity contribution is 0.438. The van der Waals surface area contributed by atoms with Crippen molar-refractivity contribution in [3.63, 3.8) is 0 Å². The number of nitrogens with one attached hydrogen (secondary N) is 2. The third-order valence-electron chi connectivity index (χ3n) is 7.09. The number of anilines is 2. The van der Waals surface area contributed by atoms with Gasteiger partial charge in [-0.1, -0.05) is 6.58 Å². The van der Waals surface area contributed by atoms with Crippen LogP contribution < -0.4 is 20.3 Å². The van der Waals surface area contributed by atoms with Gasteiger partial charge in [0.15, 0.2) is 0 Å². The average Bonchev–Trinajstić information content (AvgIpc) is 3.52. The number of rotatable bonds is 5. The van der Waals surface area contributed by atoms with E-state index in [-0.39, 0.29) is 11.8 Å². The molecule has 3 aliphatic rings. The molecule has 2 unspecified atom stereocenters. The van der Waals surface area contributed by atoms with Crippen molar-refractivity contribution in [1.82, 2.24) is 20.3 Å². The zero-order valence-electron chi connectivity index (χ0n) is 19.4. The Hall–Kier alpha value is -3.52. The fraction of sp³-hybridized carbons (Fsp3) is 0.346. The van der Waals surface area contributed by atoms with Crippen LogP contribution in [0.3, 0.4) is 0 Å². The number of benzene rings is 1. The van der Waals surface area contributed by atoms with Crippen molar-refractivity contribution in [2.75, 3.05) is 36.9 Å². The smallest absolute Gasteiger partial charge is 0.324 e. The van der Waals surface area contributed by atoms with E-state index in [0.717, 1.165) is 71.2 Å². The SMILES string of the molecule is C=C(C)c1ccc(Oc2nc3c(c(N4CC5CCNC5C4)n2)-c2cc(F)cc(NC)c2C3)cn1. The van der Waals surface area contributed by atoms with E-state index in [2.05, 4.69) is 27.1 Å². The van der Waals surface area contributed by atoms with Crippen LogP contribution in [0.1, 0.15) is 30.3 Å². The molecule has 0 radical (unpaired) electrons. The van der Waals surface area contributed by atoms with E-state index in [1.807, 2.05) is 26.1 Å². The number of ether oxygens (including phenoxy) is 1. The summed E-state index contributed by atoms with van der Waals surface area (Å²) < 4.78 is 20.6. The van der Waals surface area contributed by atoms with Crippen molar-refractivity contribution < 1.29 is 9.13 Å². The van der Waals surface area contributed by atoms with Crippen LogP contribution >= 0.6 is 0 Å². The number of hydrogen-bond acceptors (Lipinski definition) is 7. The highest BCUT2D eigenvalue weighted by Crippen LogP contribution is 2.46. The molecule has 2 N–H and O–H groups in total. The first kappa shape index (κ1) is 21.0. The van der Waals surface area contributed by atoms with Gasteiger partial charge in [-0.15, -0.1) is 0 Å². The van der Waals surface area contributed by atoms with E-state index in [0.29, 0.717) is 24.1 Å². The molecule has 2 saturated heterocycles. The predicted octanol–water partition coefficient (Wildman–Crippen LogP) is 4.25. The summed E-state index contributed by atoms with van der Waals surface area (Å²) in [5.41, 5.74) is 6.15. The summed E-state index contributed by atoms with van der Waals surface area (Å²) in [6.07, 6.45) is 3.42. The molecule has 0 amide bonds. The Balaban J connectivity index is 1.43. The highest BCUT2D eigenvalue weighted by molar-refractivity contribution is 5.88. The molecule has 6 rings (SSSR count). The molecule has 0 bridgehead atoms. The van der Waals surface area contributed by atoms with Gasteiger partial charge in [-0.25, -0.2) is 4.39 Å². The average molecular weight is 459 g/mol. The van der Waals surface area contributed by atoms with Crippen LogP contribution in [-0.2, 0) is 6.42 Å². The minimum absolute atomic E-state index is 0.272. The first-order chi connectivity index (χ1) is 16.5. The van der Waals surface area contributed by atoms with Gasteiger partial charge in [0.05, 0.1) is 17.6 Å². The second-order valence-electron chi connectivity index (χ2n) is 9.33. The molecular weight excluding hydrogens is 431 g/mol. The second-order valence-corrected chi connectivity index (χ2v) is 9.33. The van der Waals surface area contributed by atoms with Gasteiger partial charge in [0.2, 0.25) is 0 Å². The third kappa shape index (κ3) is 3.49. The highest BCUT2D eigenvalue weighted by Gasteiger charge is 2.39. The maximum absolute atomic E-state index is 14.5. The van der Waals surface area contributed by atoms with Crippen LogP contribution in [0.25, 0.3) is 16.7 Å². The molecule has 2 fully saturated rings. The molecule has 0 saturated carbocycles. The minimum atomic E-state index is -0.272. The summed E-state index contributed by atoms with van der Waals surface area (Å²) in [6.45, 7) is 8.69. The number of nitrogens with zero attached hydrogens (tertiary/aromatic N) is 4. The van der Waals surface area contributed by atoms with Gasteiger partial charge in [-0.3, -0.25) is 4.98 Å². The van der Waals surface area contributed by atoms with E-state index >= 15 is 0 Å². The van der Waals surface area contributed by atoms with Crippen molar-refractivity contribution in [3.05, 3.63) is 59.8 Å². The largest absolute Gasteiger partial charge is 0.423 e. The second kappa shape index (κ2) is 8.06. The summed E-state index contributed by atoms with van der Waals surface area (Å²) in [5, 5.41) is 6.73. The molecule has 2 aliphatic heterocycles. The molecule has 4 heterocycles. The summed E-state index contributed by atoms with van der Waals surface area (Å²) in [5.74, 6) is 1.70. The van der Waals surface area contributed by atoms with E-state index in [9.17, 15) is 4.39 Å². The highest BCUT2D eigenvalue weighted by atomic mass is 19.1. The summed E-state index contributed by atoms with van der Waals surface area (Å²) >= 11 is 0. The fourth-order valence-corrected chi connectivity index (χ4v) is 5.41. The van der Waals surface area contributed by atoms with Gasteiger partial charge >= 0.3 is 6.01 Å². The number of halogens is 1. The Morgan fingerprint density at radius 3 is 2.88 bits per heavy atom. The zero-order valence-corrected chi connectivity index (χ0v) is 19.4. The molecule has 0 spiro atoms. The van der Waals surface area contributed by atoms with Gasteiger partial charge in [-0.2, -0.15) is 9.97 Å². The Morgan fingerprint density at radius 2 is 2.15 bits per heavy atom. The Bertz CT molecular complexity index is 1280. The van der Waals surface area contributed by atoms with Crippen molar-refractivity contribution in [1.29, 1.82) is 0 Å². The quantitative estimate of drug-likeness (QED) is 0.463. The van der Waals surface area contributed by atoms with Crippen LogP contribution in [0, 0.1) is 11.7 Å². The van der Waals surface area contributed by atoms with Crippen LogP contribution in [-0.4, -0.2) is 47.7 Å². The molecule has 1 aliphatic carbocycles. The molecule has 174 valence electrons. The van der Waals surface area contributed by atoms with E-state index in [4.69, 9.17) is 14.7 Å². The van der Waals surface area contributed by atoms with Gasteiger partial charge in [0.1, 0.15) is 17.4 Å². The van der Waals surface area contributed by atoms with Gasteiger partial charge in [-0.05, 0) is 66.8 Å². The van der Waals surface area contributed by atoms with Gasteiger partial charge < -0.3 is 20.3 Å². The maximum Gasteiger partial charge on any atom is 0.324 e. The number of fused-ring (bicyclic) bond motifs is 4. The minimum Gasteiger partial charge on any atom is -0.423 e. The standard InChI is InChI=1S/C26H27FN6O/c1-14(2)20-5-4-17(11-30-20)34-26-31-22-10-18-19(8-16(27)9-21(18)28-3)24(22)25(32-26)33-12-15-6-7-29-23(15)13-33/h4-5,8-9,11,15,23,28-29H,1,6-7,10,12-13H2,2-3H3. The number of allylic oxidation sites excluding steroid dienone is 1. The van der Waals surface area contributed by atoms with Crippen LogP contribution in [0.2, 0.25) is 0 Å². The molecular formula is C26H27FN6O. The third-order valence-corrected chi connectivity index (χ3v) is 7.09. The Labute approximate surface area is 198 Å². The van der Waals surface area contributed by atoms with Crippen molar-refractivity contribution in [3.8, 4) is 22.9 Å². The van der Waals surface area contributed by atoms with E-state index < -0.39 is 0 Å². The molecule has 2 aromatic heterocycles. The fourth-order valence-electron chi connectivity index (χ4n) is 5.41. The molecule has 1 aromatic carbocycles. The Kier molecular flexibility index (Phi) is 4.99. The van der Waals surface area contributed by atoms with Gasteiger partial charge in [0.25, 0.3) is 0 Å². The van der Waals surface area contributed by atoms with E-state index in [1.165, 1.54) is 6.07 Å².